The van der Waals surface area contributed by atoms with E-state index in [0.717, 1.165) is 36.1 Å². The van der Waals surface area contributed by atoms with Crippen LogP contribution in [0.3, 0.4) is 0 Å². The number of hydrogen-bond donors (Lipinski definition) is 0. The second-order valence-corrected chi connectivity index (χ2v) is 5.71. The molecule has 0 radical (unpaired) electrons. The Hall–Kier alpha value is -0.620. The Balaban J connectivity index is 1.78. The topological polar surface area (TPSA) is 42.2 Å². The highest BCUT2D eigenvalue weighted by atomic mass is 32.2. The monoisotopic (exact) mass is 271 g/mol. The van der Waals surface area contributed by atoms with E-state index in [1.54, 1.807) is 11.8 Å². The fourth-order valence-corrected chi connectivity index (χ4v) is 2.88. The zero-order valence-corrected chi connectivity index (χ0v) is 11.6. The lowest BCUT2D eigenvalue weighted by Gasteiger charge is -2.16. The quantitative estimate of drug-likeness (QED) is 0.784. The molecule has 17 heavy (non-hydrogen) atoms. The van der Waals surface area contributed by atoms with Gasteiger partial charge in [0.25, 0.3) is 0 Å². The van der Waals surface area contributed by atoms with Gasteiger partial charge in [-0.3, -0.25) is 0 Å². The van der Waals surface area contributed by atoms with E-state index in [2.05, 4.69) is 22.0 Å². The molecule has 1 saturated heterocycles. The van der Waals surface area contributed by atoms with Gasteiger partial charge in [0.1, 0.15) is 4.32 Å². The van der Waals surface area contributed by atoms with E-state index in [1.165, 1.54) is 12.8 Å². The first-order chi connectivity index (χ1) is 8.29. The summed E-state index contributed by atoms with van der Waals surface area (Å²) in [5.41, 5.74) is 0. The van der Waals surface area contributed by atoms with Gasteiger partial charge in [0, 0.05) is 19.5 Å². The first-order valence-electron chi connectivity index (χ1n) is 6.02. The van der Waals surface area contributed by atoms with Crippen LogP contribution in [0.15, 0.2) is 4.52 Å². The lowest BCUT2D eigenvalue weighted by atomic mass is 10.3. The number of aryl methyl sites for hydroxylation is 1. The van der Waals surface area contributed by atoms with Gasteiger partial charge >= 0.3 is 0 Å². The number of aromatic nitrogens is 2. The molecule has 1 aliphatic heterocycles. The predicted octanol–water partition coefficient (Wildman–Crippen LogP) is 2.64. The second-order valence-electron chi connectivity index (χ2n) is 4.10. The van der Waals surface area contributed by atoms with Crippen molar-refractivity contribution in [3.8, 4) is 0 Å². The van der Waals surface area contributed by atoms with Crippen LogP contribution < -0.4 is 0 Å². The molecule has 0 N–H and O–H groups in total. The minimum absolute atomic E-state index is 0.681. The van der Waals surface area contributed by atoms with Crippen LogP contribution in [0.1, 0.15) is 37.9 Å². The Kier molecular flexibility index (Phi) is 4.79. The van der Waals surface area contributed by atoms with Crippen LogP contribution in [0.2, 0.25) is 0 Å². The van der Waals surface area contributed by atoms with Gasteiger partial charge in [0.05, 0.1) is 5.75 Å². The highest BCUT2D eigenvalue weighted by Gasteiger charge is 2.16. The van der Waals surface area contributed by atoms with Crippen molar-refractivity contribution in [2.75, 3.05) is 13.1 Å². The Labute approximate surface area is 111 Å². The molecule has 1 aromatic rings. The zero-order chi connectivity index (χ0) is 12.1. The van der Waals surface area contributed by atoms with Crippen LogP contribution in [-0.2, 0) is 12.2 Å². The molecule has 0 bridgehead atoms. The van der Waals surface area contributed by atoms with Gasteiger partial charge in [0.2, 0.25) is 5.89 Å². The molecule has 0 aliphatic carbocycles. The number of hydrogen-bond acceptors (Lipinski definition) is 5. The first kappa shape index (κ1) is 12.8. The van der Waals surface area contributed by atoms with Crippen LogP contribution in [-0.4, -0.2) is 32.5 Å². The summed E-state index contributed by atoms with van der Waals surface area (Å²) >= 11 is 6.99. The third-order valence-electron chi connectivity index (χ3n) is 2.67. The maximum atomic E-state index is 5.37. The molecular formula is C11H17N3OS2. The molecule has 0 unspecified atom stereocenters. The zero-order valence-electron chi connectivity index (χ0n) is 10.0. The van der Waals surface area contributed by atoms with E-state index in [4.69, 9.17) is 16.7 Å². The summed E-state index contributed by atoms with van der Waals surface area (Å²) in [5.74, 6) is 2.17. The number of rotatable bonds is 4. The van der Waals surface area contributed by atoms with Crippen molar-refractivity contribution in [3.05, 3.63) is 11.7 Å². The summed E-state index contributed by atoms with van der Waals surface area (Å²) in [6.45, 7) is 4.29. The lowest BCUT2D eigenvalue weighted by molar-refractivity contribution is 0.384. The summed E-state index contributed by atoms with van der Waals surface area (Å²) in [6, 6.07) is 0. The summed E-state index contributed by atoms with van der Waals surface area (Å²) in [7, 11) is 0. The minimum atomic E-state index is 0.681. The molecule has 1 fully saturated rings. The summed E-state index contributed by atoms with van der Waals surface area (Å²) in [5, 5.41) is 3.93. The molecule has 0 atom stereocenters. The average Bonchev–Trinajstić information content (AvgIpc) is 2.97. The Bertz CT molecular complexity index is 375. The van der Waals surface area contributed by atoms with Gasteiger partial charge in [-0.25, -0.2) is 0 Å². The molecule has 1 aliphatic rings. The molecule has 94 valence electrons. The molecule has 2 heterocycles. The molecule has 0 amide bonds. The fourth-order valence-electron chi connectivity index (χ4n) is 1.79. The molecular weight excluding hydrogens is 254 g/mol. The summed E-state index contributed by atoms with van der Waals surface area (Å²) < 4.78 is 6.13. The smallest absolute Gasteiger partial charge is 0.237 e. The molecule has 6 heteroatoms. The molecule has 0 aromatic carbocycles. The van der Waals surface area contributed by atoms with E-state index in [1.807, 2.05) is 0 Å². The van der Waals surface area contributed by atoms with Crippen molar-refractivity contribution in [2.24, 2.45) is 0 Å². The van der Waals surface area contributed by atoms with Crippen molar-refractivity contribution in [3.63, 3.8) is 0 Å². The van der Waals surface area contributed by atoms with Gasteiger partial charge in [0.15, 0.2) is 5.82 Å². The fraction of sp³-hybridized carbons (Fsp3) is 0.727. The third kappa shape index (κ3) is 3.67. The second kappa shape index (κ2) is 6.35. The van der Waals surface area contributed by atoms with Crippen LogP contribution >= 0.6 is 24.0 Å². The van der Waals surface area contributed by atoms with Crippen LogP contribution in [0.25, 0.3) is 0 Å². The van der Waals surface area contributed by atoms with Gasteiger partial charge in [-0.2, -0.15) is 4.98 Å². The third-order valence-corrected chi connectivity index (χ3v) is 4.18. The molecule has 0 spiro atoms. The van der Waals surface area contributed by atoms with E-state index in [9.17, 15) is 0 Å². The van der Waals surface area contributed by atoms with Gasteiger partial charge in [-0.1, -0.05) is 36.1 Å². The Morgan fingerprint density at radius 1 is 1.47 bits per heavy atom. The van der Waals surface area contributed by atoms with Crippen molar-refractivity contribution >= 4 is 28.3 Å². The van der Waals surface area contributed by atoms with Gasteiger partial charge < -0.3 is 9.42 Å². The average molecular weight is 271 g/mol. The molecule has 0 saturated carbocycles. The van der Waals surface area contributed by atoms with E-state index in [-0.39, 0.29) is 0 Å². The highest BCUT2D eigenvalue weighted by Crippen LogP contribution is 2.19. The normalized spacial score (nSPS) is 15.5. The van der Waals surface area contributed by atoms with E-state index < -0.39 is 0 Å². The standard InChI is InChI=1S/C11H17N3OS2/c1-2-5-9-12-10(15-13-9)8-17-11(16)14-6-3-4-7-14/h2-8H2,1H3. The van der Waals surface area contributed by atoms with Crippen molar-refractivity contribution in [1.82, 2.24) is 15.0 Å². The Morgan fingerprint density at radius 2 is 2.24 bits per heavy atom. The molecule has 1 aromatic heterocycles. The van der Waals surface area contributed by atoms with Crippen LogP contribution in [0, 0.1) is 0 Å². The van der Waals surface area contributed by atoms with Gasteiger partial charge in [-0.15, -0.1) is 0 Å². The number of nitrogens with zero attached hydrogens (tertiary/aromatic N) is 3. The van der Waals surface area contributed by atoms with Crippen LogP contribution in [0.4, 0.5) is 0 Å². The predicted molar refractivity (Wildman–Crippen MR) is 73.0 cm³/mol. The van der Waals surface area contributed by atoms with Crippen molar-refractivity contribution < 1.29 is 4.52 Å². The largest absolute Gasteiger partial charge is 0.358 e. The minimum Gasteiger partial charge on any atom is -0.358 e. The summed E-state index contributed by atoms with van der Waals surface area (Å²) in [4.78, 5) is 6.58. The number of likely N-dealkylation sites (tertiary alicyclic amines) is 1. The lowest BCUT2D eigenvalue weighted by Crippen LogP contribution is -2.23. The Morgan fingerprint density at radius 3 is 2.94 bits per heavy atom. The maximum Gasteiger partial charge on any atom is 0.237 e. The number of thioether (sulfide) groups is 1. The first-order valence-corrected chi connectivity index (χ1v) is 7.42. The maximum absolute atomic E-state index is 5.37. The molecule has 2 rings (SSSR count). The summed E-state index contributed by atoms with van der Waals surface area (Å²) in [6.07, 6.45) is 4.42. The van der Waals surface area contributed by atoms with Crippen molar-refractivity contribution in [2.45, 2.75) is 38.4 Å². The number of thiocarbonyl (C=S) groups is 1. The highest BCUT2D eigenvalue weighted by molar-refractivity contribution is 8.22. The van der Waals surface area contributed by atoms with Crippen molar-refractivity contribution in [1.29, 1.82) is 0 Å². The van der Waals surface area contributed by atoms with Crippen LogP contribution in [0.5, 0.6) is 0 Å². The van der Waals surface area contributed by atoms with Gasteiger partial charge in [-0.05, 0) is 19.3 Å². The van der Waals surface area contributed by atoms with E-state index in [0.29, 0.717) is 11.6 Å². The molecule has 4 nitrogen and oxygen atoms in total. The SMILES string of the molecule is CCCc1noc(CSC(=S)N2CCCC2)n1. The van der Waals surface area contributed by atoms with E-state index >= 15 is 0 Å².